The first kappa shape index (κ1) is 21.0. The molecule has 2 saturated carbocycles. The van der Waals surface area contributed by atoms with E-state index in [4.69, 9.17) is 4.74 Å². The largest absolute Gasteiger partial charge is 0.396 e. The number of hydrogen-bond acceptors (Lipinski definition) is 2. The van der Waals surface area contributed by atoms with Crippen molar-refractivity contribution in [2.24, 2.45) is 29.6 Å². The number of unbranched alkanes of at least 4 members (excludes halogenated alkanes) is 2. The van der Waals surface area contributed by atoms with Crippen molar-refractivity contribution >= 4 is 0 Å². The molecule has 2 nitrogen and oxygen atoms in total. The van der Waals surface area contributed by atoms with E-state index in [1.807, 2.05) is 0 Å². The van der Waals surface area contributed by atoms with Gasteiger partial charge >= 0.3 is 0 Å². The summed E-state index contributed by atoms with van der Waals surface area (Å²) in [5.41, 5.74) is 0. The molecular weight excluding hydrogens is 308 g/mol. The van der Waals surface area contributed by atoms with E-state index in [0.717, 1.165) is 17.8 Å². The van der Waals surface area contributed by atoms with Crippen LogP contribution in [0, 0.1) is 29.6 Å². The minimum absolute atomic E-state index is 0.278. The maximum Gasteiger partial charge on any atom is 0.0515 e. The van der Waals surface area contributed by atoms with E-state index in [1.165, 1.54) is 77.0 Å². The van der Waals surface area contributed by atoms with Crippen LogP contribution in [0.15, 0.2) is 12.2 Å². The Morgan fingerprint density at radius 1 is 0.920 bits per heavy atom. The van der Waals surface area contributed by atoms with E-state index < -0.39 is 0 Å². The molecule has 2 aliphatic rings. The van der Waals surface area contributed by atoms with Gasteiger partial charge in [-0.1, -0.05) is 44.8 Å². The lowest BCUT2D eigenvalue weighted by Crippen LogP contribution is -2.27. The van der Waals surface area contributed by atoms with Gasteiger partial charge in [0.05, 0.1) is 6.61 Å². The van der Waals surface area contributed by atoms with E-state index in [-0.39, 0.29) is 6.61 Å². The fourth-order valence-corrected chi connectivity index (χ4v) is 5.03. The molecule has 0 spiro atoms. The lowest BCUT2D eigenvalue weighted by molar-refractivity contribution is 0.0585. The minimum Gasteiger partial charge on any atom is -0.396 e. The predicted octanol–water partition coefficient (Wildman–Crippen LogP) is 5.99. The van der Waals surface area contributed by atoms with Crippen molar-refractivity contribution in [3.05, 3.63) is 12.2 Å². The maximum absolute atomic E-state index is 9.54. The van der Waals surface area contributed by atoms with E-state index in [0.29, 0.717) is 18.4 Å². The van der Waals surface area contributed by atoms with E-state index in [1.54, 1.807) is 7.11 Å². The molecule has 0 saturated heterocycles. The third-order valence-corrected chi connectivity index (χ3v) is 6.86. The Kier molecular flexibility index (Phi) is 10.2. The van der Waals surface area contributed by atoms with Gasteiger partial charge in [-0.05, 0) is 75.0 Å². The van der Waals surface area contributed by atoms with Crippen molar-refractivity contribution in [1.29, 1.82) is 0 Å². The molecule has 0 aromatic carbocycles. The summed E-state index contributed by atoms with van der Waals surface area (Å²) in [5.74, 6) is 3.65. The average Bonchev–Trinajstić information content (AvgIpc) is 2.66. The highest BCUT2D eigenvalue weighted by atomic mass is 16.5. The first-order valence-electron chi connectivity index (χ1n) is 11.0. The fourth-order valence-electron chi connectivity index (χ4n) is 5.03. The molecular formula is C23H42O2. The number of hydrogen-bond donors (Lipinski definition) is 1. The van der Waals surface area contributed by atoms with Gasteiger partial charge in [-0.2, -0.15) is 0 Å². The summed E-state index contributed by atoms with van der Waals surface area (Å²) < 4.78 is 5.27. The van der Waals surface area contributed by atoms with Gasteiger partial charge in [0, 0.05) is 19.6 Å². The Morgan fingerprint density at radius 3 is 2.04 bits per heavy atom. The smallest absolute Gasteiger partial charge is 0.0515 e. The second-order valence-electron chi connectivity index (χ2n) is 8.73. The molecule has 0 aromatic rings. The molecule has 0 amide bonds. The molecule has 2 rings (SSSR count). The molecule has 2 aliphatic carbocycles. The van der Waals surface area contributed by atoms with Crippen LogP contribution in [0.3, 0.4) is 0 Å². The molecule has 1 N–H and O–H groups in total. The number of rotatable bonds is 10. The highest BCUT2D eigenvalue weighted by Crippen LogP contribution is 2.36. The third kappa shape index (κ3) is 7.43. The zero-order valence-corrected chi connectivity index (χ0v) is 16.8. The fraction of sp³-hybridized carbons (Fsp3) is 0.913. The summed E-state index contributed by atoms with van der Waals surface area (Å²) in [6, 6.07) is 0. The van der Waals surface area contributed by atoms with Crippen molar-refractivity contribution in [3.63, 3.8) is 0 Å². The number of ether oxygens (including phenoxy) is 1. The number of aliphatic hydroxyl groups excluding tert-OH is 1. The molecule has 2 fully saturated rings. The van der Waals surface area contributed by atoms with Gasteiger partial charge < -0.3 is 9.84 Å². The topological polar surface area (TPSA) is 29.5 Å². The van der Waals surface area contributed by atoms with Crippen LogP contribution in [0.2, 0.25) is 0 Å². The van der Waals surface area contributed by atoms with Crippen molar-refractivity contribution in [2.75, 3.05) is 20.3 Å². The van der Waals surface area contributed by atoms with E-state index in [9.17, 15) is 5.11 Å². The Hall–Kier alpha value is -0.340. The lowest BCUT2D eigenvalue weighted by Gasteiger charge is -2.32. The summed E-state index contributed by atoms with van der Waals surface area (Å²) in [4.78, 5) is 0. The van der Waals surface area contributed by atoms with Crippen LogP contribution in [0.4, 0.5) is 0 Å². The molecule has 0 aromatic heterocycles. The Balaban J connectivity index is 1.63. The van der Waals surface area contributed by atoms with Crippen LogP contribution < -0.4 is 0 Å². The second-order valence-corrected chi connectivity index (χ2v) is 8.73. The van der Waals surface area contributed by atoms with Crippen molar-refractivity contribution < 1.29 is 9.84 Å². The first-order valence-corrected chi connectivity index (χ1v) is 11.0. The quantitative estimate of drug-likeness (QED) is 0.387. The second kappa shape index (κ2) is 12.1. The maximum atomic E-state index is 9.54. The van der Waals surface area contributed by atoms with Crippen molar-refractivity contribution in [2.45, 2.75) is 84.0 Å². The zero-order chi connectivity index (χ0) is 17.9. The number of methoxy groups -OCH3 is 1. The summed E-state index contributed by atoms with van der Waals surface area (Å²) >= 11 is 0. The van der Waals surface area contributed by atoms with Gasteiger partial charge in [-0.3, -0.25) is 0 Å². The first-order chi connectivity index (χ1) is 12.3. The summed E-state index contributed by atoms with van der Waals surface area (Å²) in [6.07, 6.45) is 21.7. The summed E-state index contributed by atoms with van der Waals surface area (Å²) in [7, 11) is 1.75. The SMILES string of the molecule is CCCCCC1CCC(/C=C/C2CCC(C(CO)COC)CC2)CC1. The molecule has 0 heterocycles. The molecule has 2 heteroatoms. The number of aliphatic hydroxyl groups is 1. The van der Waals surface area contributed by atoms with Crippen LogP contribution in [0.5, 0.6) is 0 Å². The molecule has 146 valence electrons. The van der Waals surface area contributed by atoms with Gasteiger partial charge in [0.25, 0.3) is 0 Å². The molecule has 0 aliphatic heterocycles. The average molecular weight is 351 g/mol. The van der Waals surface area contributed by atoms with Crippen molar-refractivity contribution in [1.82, 2.24) is 0 Å². The molecule has 25 heavy (non-hydrogen) atoms. The van der Waals surface area contributed by atoms with Crippen LogP contribution in [-0.4, -0.2) is 25.4 Å². The van der Waals surface area contributed by atoms with Crippen molar-refractivity contribution in [3.8, 4) is 0 Å². The predicted molar refractivity (Wildman–Crippen MR) is 107 cm³/mol. The Labute approximate surface area is 156 Å². The third-order valence-electron chi connectivity index (χ3n) is 6.86. The van der Waals surface area contributed by atoms with Gasteiger partial charge in [-0.15, -0.1) is 0 Å². The Morgan fingerprint density at radius 2 is 1.52 bits per heavy atom. The molecule has 1 atom stereocenters. The molecule has 1 unspecified atom stereocenters. The number of allylic oxidation sites excluding steroid dienone is 2. The van der Waals surface area contributed by atoms with Gasteiger partial charge in [0.15, 0.2) is 0 Å². The highest BCUT2D eigenvalue weighted by molar-refractivity contribution is 4.96. The Bertz CT molecular complexity index is 349. The van der Waals surface area contributed by atoms with Gasteiger partial charge in [-0.25, -0.2) is 0 Å². The van der Waals surface area contributed by atoms with E-state index in [2.05, 4.69) is 19.1 Å². The summed E-state index contributed by atoms with van der Waals surface area (Å²) in [5, 5.41) is 9.54. The van der Waals surface area contributed by atoms with Crippen LogP contribution in [0.25, 0.3) is 0 Å². The van der Waals surface area contributed by atoms with Gasteiger partial charge in [0.1, 0.15) is 0 Å². The van der Waals surface area contributed by atoms with Crippen LogP contribution in [0.1, 0.15) is 84.0 Å². The van der Waals surface area contributed by atoms with E-state index >= 15 is 0 Å². The molecule has 0 radical (unpaired) electrons. The lowest BCUT2D eigenvalue weighted by atomic mass is 9.75. The monoisotopic (exact) mass is 350 g/mol. The van der Waals surface area contributed by atoms with Gasteiger partial charge in [0.2, 0.25) is 0 Å². The molecule has 0 bridgehead atoms. The van der Waals surface area contributed by atoms with Crippen LogP contribution in [-0.2, 0) is 4.74 Å². The van der Waals surface area contributed by atoms with Crippen LogP contribution >= 0.6 is 0 Å². The normalized spacial score (nSPS) is 32.1. The minimum atomic E-state index is 0.278. The highest BCUT2D eigenvalue weighted by Gasteiger charge is 2.26. The zero-order valence-electron chi connectivity index (χ0n) is 16.8. The standard InChI is InChI=1S/C23H42O2/c1-3-4-5-6-19-7-9-20(10-8-19)11-12-21-13-15-22(16-14-21)23(17-24)18-25-2/h11-12,19-24H,3-10,13-18H2,1-2H3/b12-11+. The summed E-state index contributed by atoms with van der Waals surface area (Å²) in [6.45, 7) is 3.29.